The molecule has 2 heterocycles. The Labute approximate surface area is 156 Å². The fourth-order valence-electron chi connectivity index (χ4n) is 3.18. The predicted octanol–water partition coefficient (Wildman–Crippen LogP) is 4.32. The maximum Gasteiger partial charge on any atom is 0.131 e. The van der Waals surface area contributed by atoms with Gasteiger partial charge in [0.05, 0.1) is 0 Å². The summed E-state index contributed by atoms with van der Waals surface area (Å²) in [5.41, 5.74) is 9.52. The second-order valence-corrected chi connectivity index (χ2v) is 6.53. The van der Waals surface area contributed by atoms with Gasteiger partial charge in [-0.05, 0) is 42.3 Å². The van der Waals surface area contributed by atoms with Crippen LogP contribution in [0.1, 0.15) is 5.56 Å². The van der Waals surface area contributed by atoms with Crippen LogP contribution < -0.4 is 10.5 Å². The Balaban J connectivity index is 1.44. The first-order valence-corrected chi connectivity index (χ1v) is 8.84. The smallest absolute Gasteiger partial charge is 0.131 e. The number of aromatic amines is 1. The monoisotopic (exact) mass is 361 g/mol. The van der Waals surface area contributed by atoms with Crippen LogP contribution in [0.25, 0.3) is 22.0 Å². The number of ether oxygens (including phenoxy) is 1. The molecule has 27 heavy (non-hydrogen) atoms. The van der Waals surface area contributed by atoms with Crippen molar-refractivity contribution >= 4 is 10.9 Å². The maximum atomic E-state index is 14.0. The van der Waals surface area contributed by atoms with E-state index >= 15 is 0 Å². The van der Waals surface area contributed by atoms with E-state index in [-0.39, 0.29) is 11.9 Å². The van der Waals surface area contributed by atoms with Gasteiger partial charge in [0.25, 0.3) is 0 Å². The Morgan fingerprint density at radius 1 is 1.07 bits per heavy atom. The topological polar surface area (TPSA) is 63.9 Å². The molecule has 0 aliphatic heterocycles. The van der Waals surface area contributed by atoms with Crippen molar-refractivity contribution < 1.29 is 9.13 Å². The number of halogens is 1. The lowest BCUT2D eigenvalue weighted by Gasteiger charge is -2.14. The second kappa shape index (κ2) is 7.60. The SMILES string of the molecule is NC(COc1cccc2[nH]ccc12)Cc1cncc(-c2ccccc2F)c1. The summed E-state index contributed by atoms with van der Waals surface area (Å²) >= 11 is 0. The zero-order valence-corrected chi connectivity index (χ0v) is 14.7. The van der Waals surface area contributed by atoms with Crippen LogP contribution in [-0.2, 0) is 6.42 Å². The average Bonchev–Trinajstić information content (AvgIpc) is 3.16. The summed E-state index contributed by atoms with van der Waals surface area (Å²) in [6, 6.07) is 16.3. The van der Waals surface area contributed by atoms with Crippen molar-refractivity contribution in [1.29, 1.82) is 0 Å². The van der Waals surface area contributed by atoms with Gasteiger partial charge in [-0.2, -0.15) is 0 Å². The third-order valence-electron chi connectivity index (χ3n) is 4.49. The molecule has 0 fully saturated rings. The molecule has 4 aromatic rings. The predicted molar refractivity (Wildman–Crippen MR) is 105 cm³/mol. The molecular weight excluding hydrogens is 341 g/mol. The molecule has 136 valence electrons. The molecule has 4 nitrogen and oxygen atoms in total. The normalized spacial score (nSPS) is 12.2. The zero-order valence-electron chi connectivity index (χ0n) is 14.7. The molecule has 0 aliphatic rings. The van der Waals surface area contributed by atoms with Crippen molar-refractivity contribution in [2.45, 2.75) is 12.5 Å². The maximum absolute atomic E-state index is 14.0. The van der Waals surface area contributed by atoms with Gasteiger partial charge in [-0.1, -0.05) is 24.3 Å². The number of H-pyrrole nitrogens is 1. The van der Waals surface area contributed by atoms with Crippen molar-refractivity contribution in [2.24, 2.45) is 5.73 Å². The van der Waals surface area contributed by atoms with Gasteiger partial charge in [-0.15, -0.1) is 0 Å². The standard InChI is InChI=1S/C22H20FN3O/c23-20-5-2-1-4-18(20)16-10-15(12-25-13-16)11-17(24)14-27-22-7-3-6-21-19(22)8-9-26-21/h1-10,12-13,17,26H,11,14,24H2. The lowest BCUT2D eigenvalue weighted by Crippen LogP contribution is -2.30. The van der Waals surface area contributed by atoms with Gasteiger partial charge in [0.2, 0.25) is 0 Å². The molecule has 0 radical (unpaired) electrons. The van der Waals surface area contributed by atoms with Crippen molar-refractivity contribution in [3.8, 4) is 16.9 Å². The highest BCUT2D eigenvalue weighted by molar-refractivity contribution is 5.85. The molecule has 1 atom stereocenters. The minimum atomic E-state index is -0.260. The molecule has 2 aromatic carbocycles. The summed E-state index contributed by atoms with van der Waals surface area (Å²) < 4.78 is 19.9. The largest absolute Gasteiger partial charge is 0.491 e. The van der Waals surface area contributed by atoms with Crippen LogP contribution in [0.4, 0.5) is 4.39 Å². The Bertz CT molecular complexity index is 1060. The van der Waals surface area contributed by atoms with Crippen LogP contribution >= 0.6 is 0 Å². The molecule has 0 amide bonds. The summed E-state index contributed by atoms with van der Waals surface area (Å²) in [7, 11) is 0. The van der Waals surface area contributed by atoms with E-state index in [0.29, 0.717) is 18.6 Å². The molecule has 4 rings (SSSR count). The van der Waals surface area contributed by atoms with Gasteiger partial charge >= 0.3 is 0 Å². The van der Waals surface area contributed by atoms with Crippen LogP contribution in [0.15, 0.2) is 73.2 Å². The molecule has 5 heteroatoms. The lowest BCUT2D eigenvalue weighted by atomic mass is 10.0. The van der Waals surface area contributed by atoms with Gasteiger partial charge in [-0.25, -0.2) is 4.39 Å². The van der Waals surface area contributed by atoms with Crippen LogP contribution in [0.3, 0.4) is 0 Å². The van der Waals surface area contributed by atoms with E-state index in [4.69, 9.17) is 10.5 Å². The Kier molecular flexibility index (Phi) is 4.85. The molecule has 0 saturated heterocycles. The number of nitrogens with two attached hydrogens (primary N) is 1. The van der Waals surface area contributed by atoms with E-state index < -0.39 is 0 Å². The minimum absolute atomic E-state index is 0.197. The summed E-state index contributed by atoms with van der Waals surface area (Å²) in [6.45, 7) is 0.383. The molecule has 0 spiro atoms. The highest BCUT2D eigenvalue weighted by Gasteiger charge is 2.10. The molecular formula is C22H20FN3O. The van der Waals surface area contributed by atoms with E-state index in [1.54, 1.807) is 24.5 Å². The molecule has 0 aliphatic carbocycles. The average molecular weight is 361 g/mol. The first-order chi connectivity index (χ1) is 13.2. The zero-order chi connectivity index (χ0) is 18.6. The second-order valence-electron chi connectivity index (χ2n) is 6.53. The van der Waals surface area contributed by atoms with Gasteiger partial charge in [0, 0.05) is 46.7 Å². The molecule has 3 N–H and O–H groups in total. The number of pyridine rings is 1. The van der Waals surface area contributed by atoms with E-state index in [2.05, 4.69) is 9.97 Å². The van der Waals surface area contributed by atoms with E-state index in [0.717, 1.165) is 27.8 Å². The third-order valence-corrected chi connectivity index (χ3v) is 4.49. The fourth-order valence-corrected chi connectivity index (χ4v) is 3.18. The number of fused-ring (bicyclic) bond motifs is 1. The first-order valence-electron chi connectivity index (χ1n) is 8.84. The van der Waals surface area contributed by atoms with Crippen LogP contribution in [0, 0.1) is 5.82 Å². The number of rotatable bonds is 6. The Hall–Kier alpha value is -3.18. The van der Waals surface area contributed by atoms with Crippen molar-refractivity contribution in [3.05, 3.63) is 84.6 Å². The van der Waals surface area contributed by atoms with Gasteiger partial charge in [0.1, 0.15) is 18.2 Å². The Morgan fingerprint density at radius 2 is 1.96 bits per heavy atom. The van der Waals surface area contributed by atoms with Crippen LogP contribution in [-0.4, -0.2) is 22.6 Å². The number of benzene rings is 2. The highest BCUT2D eigenvalue weighted by Crippen LogP contribution is 2.25. The van der Waals surface area contributed by atoms with E-state index in [1.165, 1.54) is 6.07 Å². The molecule has 0 saturated carbocycles. The number of aromatic nitrogens is 2. The Morgan fingerprint density at radius 3 is 2.85 bits per heavy atom. The van der Waals surface area contributed by atoms with E-state index in [9.17, 15) is 4.39 Å². The molecule has 1 unspecified atom stereocenters. The molecule has 0 bridgehead atoms. The van der Waals surface area contributed by atoms with Gasteiger partial charge < -0.3 is 15.5 Å². The number of hydrogen-bond acceptors (Lipinski definition) is 3. The van der Waals surface area contributed by atoms with Gasteiger partial charge in [-0.3, -0.25) is 4.98 Å². The van der Waals surface area contributed by atoms with Crippen molar-refractivity contribution in [2.75, 3.05) is 6.61 Å². The first kappa shape index (κ1) is 17.2. The summed E-state index contributed by atoms with van der Waals surface area (Å²) in [4.78, 5) is 7.40. The highest BCUT2D eigenvalue weighted by atomic mass is 19.1. The molecule has 2 aromatic heterocycles. The van der Waals surface area contributed by atoms with Crippen LogP contribution in [0.2, 0.25) is 0 Å². The summed E-state index contributed by atoms with van der Waals surface area (Å²) in [6.07, 6.45) is 5.91. The number of nitrogens with zero attached hydrogens (tertiary/aromatic N) is 1. The van der Waals surface area contributed by atoms with Crippen molar-refractivity contribution in [1.82, 2.24) is 9.97 Å². The minimum Gasteiger partial charge on any atom is -0.491 e. The fraction of sp³-hybridized carbons (Fsp3) is 0.136. The van der Waals surface area contributed by atoms with Crippen molar-refractivity contribution in [3.63, 3.8) is 0 Å². The summed E-state index contributed by atoms with van der Waals surface area (Å²) in [5.74, 6) is 0.547. The summed E-state index contributed by atoms with van der Waals surface area (Å²) in [5, 5.41) is 1.04. The third kappa shape index (κ3) is 3.83. The van der Waals surface area contributed by atoms with Crippen LogP contribution in [0.5, 0.6) is 5.75 Å². The van der Waals surface area contributed by atoms with E-state index in [1.807, 2.05) is 42.6 Å². The van der Waals surface area contributed by atoms with Gasteiger partial charge in [0.15, 0.2) is 0 Å². The number of hydrogen-bond donors (Lipinski definition) is 2. The quantitative estimate of drug-likeness (QED) is 0.538. The lowest BCUT2D eigenvalue weighted by molar-refractivity contribution is 0.291. The number of nitrogens with one attached hydrogen (secondary N) is 1.